The van der Waals surface area contributed by atoms with E-state index in [4.69, 9.17) is 21.1 Å². The average molecular weight is 363 g/mol. The summed E-state index contributed by atoms with van der Waals surface area (Å²) in [5.74, 6) is 0.0569. The Morgan fingerprint density at radius 2 is 1.80 bits per heavy atom. The highest BCUT2D eigenvalue weighted by molar-refractivity contribution is 6.30. The highest BCUT2D eigenvalue weighted by Gasteiger charge is 2.15. The first-order valence-electron chi connectivity index (χ1n) is 7.64. The van der Waals surface area contributed by atoms with Gasteiger partial charge in [0.05, 0.1) is 0 Å². The van der Waals surface area contributed by atoms with Crippen LogP contribution >= 0.6 is 11.6 Å². The molecule has 0 aliphatic carbocycles. The second-order valence-corrected chi connectivity index (χ2v) is 5.79. The minimum Gasteiger partial charge on any atom is -0.484 e. The molecule has 0 unspecified atom stereocenters. The Balaban J connectivity index is 1.72. The lowest BCUT2D eigenvalue weighted by Crippen LogP contribution is -2.48. The smallest absolute Gasteiger partial charge is 0.279 e. The number of ether oxygens (including phenoxy) is 2. The molecule has 132 valence electrons. The Bertz CT molecular complexity index is 734. The Kier molecular flexibility index (Phi) is 6.65. The molecule has 0 aromatic heterocycles. The number of nitrogens with one attached hydrogen (secondary N) is 2. The van der Waals surface area contributed by atoms with Crippen LogP contribution < -0.4 is 20.3 Å². The van der Waals surface area contributed by atoms with Crippen LogP contribution in [-0.4, -0.2) is 24.5 Å². The van der Waals surface area contributed by atoms with Gasteiger partial charge >= 0.3 is 0 Å². The molecule has 7 heteroatoms. The molecule has 2 amide bonds. The molecule has 6 nitrogen and oxygen atoms in total. The zero-order valence-corrected chi connectivity index (χ0v) is 14.7. The van der Waals surface area contributed by atoms with Gasteiger partial charge < -0.3 is 9.47 Å². The molecule has 0 radical (unpaired) electrons. The van der Waals surface area contributed by atoms with Crippen LogP contribution in [0.25, 0.3) is 0 Å². The largest absolute Gasteiger partial charge is 0.484 e. The zero-order valence-electron chi connectivity index (χ0n) is 13.9. The summed E-state index contributed by atoms with van der Waals surface area (Å²) >= 11 is 5.85. The Hall–Kier alpha value is -2.73. The van der Waals surface area contributed by atoms with Crippen LogP contribution in [-0.2, 0) is 9.59 Å². The van der Waals surface area contributed by atoms with Gasteiger partial charge in [-0.1, -0.05) is 35.4 Å². The fourth-order valence-corrected chi connectivity index (χ4v) is 2.03. The lowest BCUT2D eigenvalue weighted by Gasteiger charge is -2.15. The third kappa shape index (κ3) is 6.35. The second-order valence-electron chi connectivity index (χ2n) is 5.36. The van der Waals surface area contributed by atoms with E-state index in [1.807, 2.05) is 19.1 Å². The lowest BCUT2D eigenvalue weighted by atomic mass is 10.2. The quantitative estimate of drug-likeness (QED) is 0.774. The van der Waals surface area contributed by atoms with Gasteiger partial charge in [0.15, 0.2) is 12.7 Å². The van der Waals surface area contributed by atoms with Crippen molar-refractivity contribution in [1.82, 2.24) is 10.9 Å². The molecule has 2 aromatic carbocycles. The molecule has 0 spiro atoms. The molecular weight excluding hydrogens is 344 g/mol. The lowest BCUT2D eigenvalue weighted by molar-refractivity contribution is -0.133. The van der Waals surface area contributed by atoms with Gasteiger partial charge in [-0.05, 0) is 44.2 Å². The minimum absolute atomic E-state index is 0.215. The monoisotopic (exact) mass is 362 g/mol. The first kappa shape index (κ1) is 18.6. The number of hydrazine groups is 1. The van der Waals surface area contributed by atoms with Crippen LogP contribution in [0.3, 0.4) is 0 Å². The third-order valence-corrected chi connectivity index (χ3v) is 3.43. The maximum atomic E-state index is 11.9. The molecule has 0 heterocycles. The normalized spacial score (nSPS) is 11.3. The van der Waals surface area contributed by atoms with E-state index in [-0.39, 0.29) is 6.61 Å². The summed E-state index contributed by atoms with van der Waals surface area (Å²) in [6.07, 6.45) is -0.809. The van der Waals surface area contributed by atoms with Gasteiger partial charge in [0.25, 0.3) is 11.8 Å². The maximum Gasteiger partial charge on any atom is 0.279 e. The van der Waals surface area contributed by atoms with Crippen LogP contribution in [0.15, 0.2) is 48.5 Å². The molecule has 0 bridgehead atoms. The Morgan fingerprint density at radius 1 is 1.08 bits per heavy atom. The van der Waals surface area contributed by atoms with E-state index >= 15 is 0 Å². The first-order chi connectivity index (χ1) is 11.9. The van der Waals surface area contributed by atoms with E-state index in [2.05, 4.69) is 10.9 Å². The number of rotatable bonds is 6. The van der Waals surface area contributed by atoms with Gasteiger partial charge in [0, 0.05) is 5.02 Å². The summed E-state index contributed by atoms with van der Waals surface area (Å²) in [6.45, 7) is 3.30. The summed E-state index contributed by atoms with van der Waals surface area (Å²) in [5.41, 5.74) is 5.65. The number of halogens is 1. The molecular formula is C18H19ClN2O4. The van der Waals surface area contributed by atoms with Gasteiger partial charge in [-0.25, -0.2) is 0 Å². The van der Waals surface area contributed by atoms with Gasteiger partial charge in [0.2, 0.25) is 0 Å². The molecule has 0 saturated carbocycles. The molecule has 0 aliphatic heterocycles. The van der Waals surface area contributed by atoms with Gasteiger partial charge in [0.1, 0.15) is 11.5 Å². The number of carbonyl (C=O) groups is 2. The summed E-state index contributed by atoms with van der Waals surface area (Å²) in [5, 5.41) is 0.506. The highest BCUT2D eigenvalue weighted by Crippen LogP contribution is 2.18. The molecule has 2 N–H and O–H groups in total. The number of amides is 2. The van der Waals surface area contributed by atoms with Crippen molar-refractivity contribution in [3.63, 3.8) is 0 Å². The molecule has 2 aromatic rings. The predicted octanol–water partition coefficient (Wildman–Crippen LogP) is 2.64. The number of aryl methyl sites for hydroxylation is 1. The van der Waals surface area contributed by atoms with Gasteiger partial charge in [-0.15, -0.1) is 0 Å². The van der Waals surface area contributed by atoms with E-state index in [1.165, 1.54) is 0 Å². The van der Waals surface area contributed by atoms with Crippen molar-refractivity contribution in [2.75, 3.05) is 6.61 Å². The molecule has 2 rings (SSSR count). The maximum absolute atomic E-state index is 11.9. The topological polar surface area (TPSA) is 76.7 Å². The number of carbonyl (C=O) groups excluding carboxylic acids is 2. The van der Waals surface area contributed by atoms with Crippen molar-refractivity contribution in [2.45, 2.75) is 20.0 Å². The van der Waals surface area contributed by atoms with E-state index in [0.29, 0.717) is 16.5 Å². The van der Waals surface area contributed by atoms with Crippen molar-refractivity contribution >= 4 is 23.4 Å². The zero-order chi connectivity index (χ0) is 18.2. The van der Waals surface area contributed by atoms with Crippen LogP contribution in [0, 0.1) is 6.92 Å². The van der Waals surface area contributed by atoms with Crippen LogP contribution in [0.4, 0.5) is 0 Å². The summed E-state index contributed by atoms with van der Waals surface area (Å²) in [6, 6.07) is 14.0. The van der Waals surface area contributed by atoms with Gasteiger partial charge in [-0.2, -0.15) is 0 Å². The van der Waals surface area contributed by atoms with Crippen LogP contribution in [0.2, 0.25) is 5.02 Å². The van der Waals surface area contributed by atoms with Gasteiger partial charge in [-0.3, -0.25) is 20.4 Å². The molecule has 25 heavy (non-hydrogen) atoms. The summed E-state index contributed by atoms with van der Waals surface area (Å²) in [7, 11) is 0. The van der Waals surface area contributed by atoms with E-state index < -0.39 is 17.9 Å². The molecule has 1 atom stereocenters. The fourth-order valence-electron chi connectivity index (χ4n) is 1.85. The number of hydrogen-bond acceptors (Lipinski definition) is 4. The number of benzene rings is 2. The molecule has 0 fully saturated rings. The Morgan fingerprint density at radius 3 is 2.48 bits per heavy atom. The van der Waals surface area contributed by atoms with Crippen LogP contribution in [0.5, 0.6) is 11.5 Å². The highest BCUT2D eigenvalue weighted by atomic mass is 35.5. The first-order valence-corrected chi connectivity index (χ1v) is 8.02. The standard InChI is InChI=1S/C18H19ClN2O4/c1-12-6-8-15(9-7-12)24-11-17(22)20-21-18(23)13(2)25-16-5-3-4-14(19)10-16/h3-10,13H,11H2,1-2H3,(H,20,22)(H,21,23)/t13-/m0/s1. The molecule has 0 saturated heterocycles. The van der Waals surface area contributed by atoms with Crippen molar-refractivity contribution < 1.29 is 19.1 Å². The minimum atomic E-state index is -0.809. The Labute approximate surface area is 151 Å². The van der Waals surface area contributed by atoms with Crippen LogP contribution in [0.1, 0.15) is 12.5 Å². The summed E-state index contributed by atoms with van der Waals surface area (Å²) in [4.78, 5) is 23.6. The summed E-state index contributed by atoms with van der Waals surface area (Å²) < 4.78 is 10.8. The van der Waals surface area contributed by atoms with Crippen molar-refractivity contribution in [2.24, 2.45) is 0 Å². The van der Waals surface area contributed by atoms with E-state index in [9.17, 15) is 9.59 Å². The second kappa shape index (κ2) is 8.94. The predicted molar refractivity (Wildman–Crippen MR) is 94.5 cm³/mol. The average Bonchev–Trinajstić information content (AvgIpc) is 2.59. The van der Waals surface area contributed by atoms with Crippen molar-refractivity contribution in [3.8, 4) is 11.5 Å². The fraction of sp³-hybridized carbons (Fsp3) is 0.222. The number of hydrogen-bond donors (Lipinski definition) is 2. The van der Waals surface area contributed by atoms with Crippen molar-refractivity contribution in [3.05, 3.63) is 59.1 Å². The van der Waals surface area contributed by atoms with Crippen molar-refractivity contribution in [1.29, 1.82) is 0 Å². The van der Waals surface area contributed by atoms with E-state index in [1.54, 1.807) is 43.3 Å². The molecule has 0 aliphatic rings. The van der Waals surface area contributed by atoms with E-state index in [0.717, 1.165) is 5.56 Å². The third-order valence-electron chi connectivity index (χ3n) is 3.19. The SMILES string of the molecule is Cc1ccc(OCC(=O)NNC(=O)[C@H](C)Oc2cccc(Cl)c2)cc1.